The Morgan fingerprint density at radius 3 is 2.71 bits per heavy atom. The van der Waals surface area contributed by atoms with Crippen LogP contribution in [-0.4, -0.2) is 34.2 Å². The summed E-state index contributed by atoms with van der Waals surface area (Å²) in [5, 5.41) is 18.2. The summed E-state index contributed by atoms with van der Waals surface area (Å²) in [6.07, 6.45) is 1.72. The Hall–Kier alpha value is -1.55. The van der Waals surface area contributed by atoms with Crippen molar-refractivity contribution >= 4 is 5.97 Å². The Morgan fingerprint density at radius 2 is 2.06 bits per heavy atom. The van der Waals surface area contributed by atoms with Crippen LogP contribution >= 0.6 is 0 Å². The van der Waals surface area contributed by atoms with E-state index in [1.165, 1.54) is 0 Å². The smallest absolute Gasteiger partial charge is 0.307 e. The van der Waals surface area contributed by atoms with Crippen molar-refractivity contribution in [1.82, 2.24) is 4.90 Å². The van der Waals surface area contributed by atoms with E-state index >= 15 is 0 Å². The largest absolute Gasteiger partial charge is 0.508 e. The third kappa shape index (κ3) is 3.20. The Kier molecular flexibility index (Phi) is 3.64. The molecule has 0 saturated carbocycles. The lowest BCUT2D eigenvalue weighted by Gasteiger charge is -2.30. The van der Waals surface area contributed by atoms with E-state index in [0.29, 0.717) is 6.54 Å². The predicted molar refractivity (Wildman–Crippen MR) is 63.7 cm³/mol. The van der Waals surface area contributed by atoms with Gasteiger partial charge in [0, 0.05) is 13.1 Å². The summed E-state index contributed by atoms with van der Waals surface area (Å²) in [6, 6.07) is 7.07. The van der Waals surface area contributed by atoms with Crippen LogP contribution in [-0.2, 0) is 11.3 Å². The molecule has 0 radical (unpaired) electrons. The molecule has 1 aromatic carbocycles. The van der Waals surface area contributed by atoms with E-state index in [4.69, 9.17) is 5.11 Å². The van der Waals surface area contributed by atoms with E-state index < -0.39 is 5.97 Å². The Balaban J connectivity index is 1.94. The fourth-order valence-electron chi connectivity index (χ4n) is 2.26. The van der Waals surface area contributed by atoms with Crippen molar-refractivity contribution in [2.45, 2.75) is 19.4 Å². The van der Waals surface area contributed by atoms with E-state index in [1.807, 2.05) is 12.1 Å². The third-order valence-corrected chi connectivity index (χ3v) is 3.20. The summed E-state index contributed by atoms with van der Waals surface area (Å²) in [5.41, 5.74) is 1.11. The van der Waals surface area contributed by atoms with Crippen LogP contribution < -0.4 is 0 Å². The van der Waals surface area contributed by atoms with Gasteiger partial charge in [-0.3, -0.25) is 9.69 Å². The van der Waals surface area contributed by atoms with Crippen LogP contribution in [0.5, 0.6) is 5.75 Å². The lowest BCUT2D eigenvalue weighted by molar-refractivity contribution is -0.143. The molecule has 1 aliphatic rings. The third-order valence-electron chi connectivity index (χ3n) is 3.20. The van der Waals surface area contributed by atoms with Gasteiger partial charge in [0.05, 0.1) is 5.92 Å². The number of phenolic OH excluding ortho intramolecular Hbond substituents is 1. The van der Waals surface area contributed by atoms with Gasteiger partial charge in [-0.25, -0.2) is 0 Å². The maximum Gasteiger partial charge on any atom is 0.307 e. The summed E-state index contributed by atoms with van der Waals surface area (Å²) >= 11 is 0. The molecule has 1 aromatic rings. The minimum Gasteiger partial charge on any atom is -0.508 e. The van der Waals surface area contributed by atoms with Crippen molar-refractivity contribution in [3.8, 4) is 5.75 Å². The van der Waals surface area contributed by atoms with Gasteiger partial charge in [-0.05, 0) is 37.1 Å². The molecule has 1 atom stereocenters. The number of carboxylic acid groups (broad SMARTS) is 1. The van der Waals surface area contributed by atoms with Crippen LogP contribution in [0.15, 0.2) is 24.3 Å². The molecule has 2 N–H and O–H groups in total. The monoisotopic (exact) mass is 235 g/mol. The van der Waals surface area contributed by atoms with Crippen molar-refractivity contribution in [3.63, 3.8) is 0 Å². The number of phenols is 1. The van der Waals surface area contributed by atoms with E-state index in [2.05, 4.69) is 4.90 Å². The van der Waals surface area contributed by atoms with Gasteiger partial charge in [0.1, 0.15) is 5.75 Å². The molecule has 2 rings (SSSR count). The van der Waals surface area contributed by atoms with Gasteiger partial charge < -0.3 is 10.2 Å². The number of carbonyl (C=O) groups is 1. The topological polar surface area (TPSA) is 60.8 Å². The van der Waals surface area contributed by atoms with Crippen LogP contribution in [0.4, 0.5) is 0 Å². The highest BCUT2D eigenvalue weighted by molar-refractivity contribution is 5.70. The second kappa shape index (κ2) is 5.19. The number of carboxylic acids is 1. The summed E-state index contributed by atoms with van der Waals surface area (Å²) in [6.45, 7) is 2.32. The first-order valence-electron chi connectivity index (χ1n) is 5.88. The second-order valence-corrected chi connectivity index (χ2v) is 4.58. The first-order valence-corrected chi connectivity index (χ1v) is 5.88. The minimum absolute atomic E-state index is 0.235. The number of likely N-dealkylation sites (tertiary alicyclic amines) is 1. The molecule has 1 heterocycles. The quantitative estimate of drug-likeness (QED) is 0.837. The summed E-state index contributed by atoms with van der Waals surface area (Å²) in [7, 11) is 0. The van der Waals surface area contributed by atoms with Crippen LogP contribution in [0.1, 0.15) is 18.4 Å². The number of piperidine rings is 1. The molecule has 1 fully saturated rings. The van der Waals surface area contributed by atoms with Gasteiger partial charge in [-0.1, -0.05) is 12.1 Å². The zero-order valence-electron chi connectivity index (χ0n) is 9.67. The molecule has 4 nitrogen and oxygen atoms in total. The van der Waals surface area contributed by atoms with Crippen molar-refractivity contribution in [2.75, 3.05) is 13.1 Å². The van der Waals surface area contributed by atoms with Crippen molar-refractivity contribution in [3.05, 3.63) is 29.8 Å². The minimum atomic E-state index is -0.694. The van der Waals surface area contributed by atoms with Gasteiger partial charge in [0.25, 0.3) is 0 Å². The Bertz CT molecular complexity index is 388. The molecule has 1 aliphatic heterocycles. The maximum absolute atomic E-state index is 10.9. The number of hydrogen-bond donors (Lipinski definition) is 2. The van der Waals surface area contributed by atoms with Gasteiger partial charge in [0.2, 0.25) is 0 Å². The van der Waals surface area contributed by atoms with Gasteiger partial charge in [-0.2, -0.15) is 0 Å². The maximum atomic E-state index is 10.9. The van der Waals surface area contributed by atoms with Gasteiger partial charge in [-0.15, -0.1) is 0 Å². The molecule has 0 aliphatic carbocycles. The van der Waals surface area contributed by atoms with E-state index in [-0.39, 0.29) is 11.7 Å². The molecule has 0 bridgehead atoms. The SMILES string of the molecule is O=C(O)[C@H]1CCCN(Cc2ccc(O)cc2)C1. The van der Waals surface area contributed by atoms with E-state index in [1.54, 1.807) is 12.1 Å². The molecule has 1 saturated heterocycles. The number of rotatable bonds is 3. The Morgan fingerprint density at radius 1 is 1.35 bits per heavy atom. The highest BCUT2D eigenvalue weighted by atomic mass is 16.4. The lowest BCUT2D eigenvalue weighted by Crippen LogP contribution is -2.38. The number of benzene rings is 1. The first-order chi connectivity index (χ1) is 8.15. The van der Waals surface area contributed by atoms with E-state index in [0.717, 1.165) is 31.5 Å². The predicted octanol–water partition coefficient (Wildman–Crippen LogP) is 1.69. The molecule has 0 amide bonds. The highest BCUT2D eigenvalue weighted by Gasteiger charge is 2.25. The van der Waals surface area contributed by atoms with Crippen molar-refractivity contribution < 1.29 is 15.0 Å². The normalized spacial score (nSPS) is 21.3. The van der Waals surface area contributed by atoms with Crippen molar-refractivity contribution in [1.29, 1.82) is 0 Å². The number of aliphatic carboxylic acids is 1. The average molecular weight is 235 g/mol. The number of nitrogens with zero attached hydrogens (tertiary/aromatic N) is 1. The van der Waals surface area contributed by atoms with Crippen LogP contribution in [0.2, 0.25) is 0 Å². The van der Waals surface area contributed by atoms with Gasteiger partial charge >= 0.3 is 5.97 Å². The summed E-state index contributed by atoms with van der Waals surface area (Å²) in [5.74, 6) is -0.669. The zero-order chi connectivity index (χ0) is 12.3. The molecule has 0 unspecified atom stereocenters. The van der Waals surface area contributed by atoms with Crippen molar-refractivity contribution in [2.24, 2.45) is 5.92 Å². The first kappa shape index (κ1) is 11.9. The summed E-state index contributed by atoms with van der Waals surface area (Å²) < 4.78 is 0. The molecule has 0 spiro atoms. The zero-order valence-corrected chi connectivity index (χ0v) is 9.67. The second-order valence-electron chi connectivity index (χ2n) is 4.58. The molecule has 92 valence electrons. The van der Waals surface area contributed by atoms with Crippen LogP contribution in [0, 0.1) is 5.92 Å². The number of aromatic hydroxyl groups is 1. The highest BCUT2D eigenvalue weighted by Crippen LogP contribution is 2.19. The molecular formula is C13H17NO3. The molecule has 4 heteroatoms. The van der Waals surface area contributed by atoms with Crippen LogP contribution in [0.3, 0.4) is 0 Å². The summed E-state index contributed by atoms with van der Waals surface area (Å²) in [4.78, 5) is 13.1. The fourth-order valence-corrected chi connectivity index (χ4v) is 2.26. The molecular weight excluding hydrogens is 218 g/mol. The average Bonchev–Trinajstić information content (AvgIpc) is 2.32. The lowest BCUT2D eigenvalue weighted by atomic mass is 9.98. The van der Waals surface area contributed by atoms with Gasteiger partial charge in [0.15, 0.2) is 0 Å². The molecule has 0 aromatic heterocycles. The fraction of sp³-hybridized carbons (Fsp3) is 0.462. The standard InChI is InChI=1S/C13H17NO3/c15-12-5-3-10(4-6-12)8-14-7-1-2-11(9-14)13(16)17/h3-6,11,15H,1-2,7-9H2,(H,16,17)/t11-/m0/s1. The number of hydrogen-bond acceptors (Lipinski definition) is 3. The Labute approximate surface area is 100 Å². The van der Waals surface area contributed by atoms with Crippen LogP contribution in [0.25, 0.3) is 0 Å². The molecule has 17 heavy (non-hydrogen) atoms. The van der Waals surface area contributed by atoms with E-state index in [9.17, 15) is 9.90 Å².